The summed E-state index contributed by atoms with van der Waals surface area (Å²) in [6, 6.07) is 12.1. The van der Waals surface area contributed by atoms with E-state index in [1.54, 1.807) is 0 Å². The van der Waals surface area contributed by atoms with Gasteiger partial charge in [0, 0.05) is 11.3 Å². The molecule has 0 spiro atoms. The summed E-state index contributed by atoms with van der Waals surface area (Å²) in [5.41, 5.74) is 6.13. The van der Waals surface area contributed by atoms with Crippen molar-refractivity contribution in [2.75, 3.05) is 17.6 Å². The number of carbonyl (C=O) groups excluding carboxylic acids is 2. The molecule has 0 fully saturated rings. The van der Waals surface area contributed by atoms with Crippen LogP contribution in [0.5, 0.6) is 0 Å². The van der Waals surface area contributed by atoms with Crippen LogP contribution in [0.15, 0.2) is 41.6 Å². The van der Waals surface area contributed by atoms with Gasteiger partial charge < -0.3 is 10.6 Å². The molecule has 0 saturated carbocycles. The molecule has 0 unspecified atom stereocenters. The van der Waals surface area contributed by atoms with E-state index in [4.69, 9.17) is 0 Å². The molecular weight excluding hydrogens is 410 g/mol. The number of nitrogens with one attached hydrogen (secondary N) is 3. The summed E-state index contributed by atoms with van der Waals surface area (Å²) in [5, 5.41) is 13.0. The molecule has 2 aromatic carbocycles. The number of aryl methyl sites for hydroxylation is 4. The molecule has 0 bridgehead atoms. The molecule has 1 heterocycles. The normalized spacial score (nSPS) is 10.7. The van der Waals surface area contributed by atoms with E-state index in [1.807, 2.05) is 45.0 Å². The minimum Gasteiger partial charge on any atom is -0.346 e. The second kappa shape index (κ2) is 10.3. The van der Waals surface area contributed by atoms with Gasteiger partial charge in [-0.3, -0.25) is 14.7 Å². The highest BCUT2D eigenvalue weighted by Crippen LogP contribution is 2.22. The Bertz CT molecular complexity index is 1050. The molecule has 2 amide bonds. The van der Waals surface area contributed by atoms with Gasteiger partial charge in [-0.15, -0.1) is 5.10 Å². The molecule has 3 N–H and O–H groups in total. The van der Waals surface area contributed by atoms with Crippen LogP contribution < -0.4 is 10.6 Å². The number of aromatic amines is 1. The first-order valence-corrected chi connectivity index (χ1v) is 11.1. The summed E-state index contributed by atoms with van der Waals surface area (Å²) in [4.78, 5) is 28.8. The molecule has 0 radical (unpaired) electrons. The maximum Gasteiger partial charge on any atom is 0.243 e. The predicted molar refractivity (Wildman–Crippen MR) is 124 cm³/mol. The fourth-order valence-electron chi connectivity index (χ4n) is 3.26. The second-order valence-electron chi connectivity index (χ2n) is 7.40. The average molecular weight is 438 g/mol. The lowest BCUT2D eigenvalue weighted by molar-refractivity contribution is -0.122. The quantitative estimate of drug-likeness (QED) is 0.466. The Kier molecular flexibility index (Phi) is 7.46. The third-order valence-corrected chi connectivity index (χ3v) is 5.67. The maximum absolute atomic E-state index is 12.2. The van der Waals surface area contributed by atoms with Crippen LogP contribution in [-0.2, 0) is 16.0 Å². The minimum atomic E-state index is -0.260. The SMILES string of the molecule is CCc1ccc(-c2nc(SCC(=O)NCC(=O)Nc3c(C)cc(C)cc3C)n[nH]2)cc1. The van der Waals surface area contributed by atoms with Gasteiger partial charge in [-0.25, -0.2) is 4.98 Å². The lowest BCUT2D eigenvalue weighted by Gasteiger charge is -2.13. The van der Waals surface area contributed by atoms with Crippen molar-refractivity contribution in [2.45, 2.75) is 39.3 Å². The smallest absolute Gasteiger partial charge is 0.243 e. The summed E-state index contributed by atoms with van der Waals surface area (Å²) in [5.74, 6) is 0.274. The van der Waals surface area contributed by atoms with Gasteiger partial charge in [-0.1, -0.05) is 60.6 Å². The first-order chi connectivity index (χ1) is 14.9. The van der Waals surface area contributed by atoms with E-state index >= 15 is 0 Å². The van der Waals surface area contributed by atoms with Gasteiger partial charge in [0.25, 0.3) is 0 Å². The van der Waals surface area contributed by atoms with E-state index < -0.39 is 0 Å². The molecule has 0 aliphatic heterocycles. The standard InChI is InChI=1S/C23H27N5O2S/c1-5-17-6-8-18(9-7-17)22-26-23(28-27-22)31-13-20(30)24-12-19(29)25-21-15(3)10-14(2)11-16(21)4/h6-11H,5,12-13H2,1-4H3,(H,24,30)(H,25,29)(H,26,27,28). The maximum atomic E-state index is 12.2. The molecular formula is C23H27N5O2S. The Balaban J connectivity index is 1.46. The van der Waals surface area contributed by atoms with E-state index in [-0.39, 0.29) is 24.1 Å². The highest BCUT2D eigenvalue weighted by atomic mass is 32.2. The Hall–Kier alpha value is -3.13. The van der Waals surface area contributed by atoms with Crippen molar-refractivity contribution in [3.8, 4) is 11.4 Å². The van der Waals surface area contributed by atoms with E-state index in [2.05, 4.69) is 44.9 Å². The number of hydrogen-bond acceptors (Lipinski definition) is 5. The zero-order valence-electron chi connectivity index (χ0n) is 18.2. The van der Waals surface area contributed by atoms with Crippen molar-refractivity contribution in [3.63, 3.8) is 0 Å². The molecule has 0 saturated heterocycles. The Morgan fingerprint density at radius 1 is 1.03 bits per heavy atom. The fourth-order valence-corrected chi connectivity index (χ4v) is 3.89. The largest absolute Gasteiger partial charge is 0.346 e. The lowest BCUT2D eigenvalue weighted by Crippen LogP contribution is -2.34. The van der Waals surface area contributed by atoms with Crippen molar-refractivity contribution in [3.05, 3.63) is 58.7 Å². The molecule has 3 rings (SSSR count). The Morgan fingerprint density at radius 2 is 1.71 bits per heavy atom. The van der Waals surface area contributed by atoms with E-state index in [0.717, 1.165) is 34.4 Å². The number of anilines is 1. The van der Waals surface area contributed by atoms with Gasteiger partial charge in [-0.05, 0) is 43.9 Å². The van der Waals surface area contributed by atoms with E-state index in [1.165, 1.54) is 17.3 Å². The number of amides is 2. The number of aromatic nitrogens is 3. The topological polar surface area (TPSA) is 99.8 Å². The highest BCUT2D eigenvalue weighted by molar-refractivity contribution is 7.99. The number of benzene rings is 2. The van der Waals surface area contributed by atoms with Crippen LogP contribution in [0, 0.1) is 20.8 Å². The summed E-state index contributed by atoms with van der Waals surface area (Å²) in [6.45, 7) is 7.94. The molecule has 1 aromatic heterocycles. The number of nitrogens with zero attached hydrogens (tertiary/aromatic N) is 2. The molecule has 31 heavy (non-hydrogen) atoms. The van der Waals surface area contributed by atoms with Crippen LogP contribution in [0.3, 0.4) is 0 Å². The molecule has 0 aliphatic rings. The van der Waals surface area contributed by atoms with Crippen molar-refractivity contribution in [2.24, 2.45) is 0 Å². The van der Waals surface area contributed by atoms with Gasteiger partial charge >= 0.3 is 0 Å². The molecule has 8 heteroatoms. The van der Waals surface area contributed by atoms with E-state index in [0.29, 0.717) is 11.0 Å². The van der Waals surface area contributed by atoms with Crippen LogP contribution in [0.4, 0.5) is 5.69 Å². The summed E-state index contributed by atoms with van der Waals surface area (Å²) in [7, 11) is 0. The van der Waals surface area contributed by atoms with Gasteiger partial charge in [0.2, 0.25) is 17.0 Å². The van der Waals surface area contributed by atoms with Gasteiger partial charge in [-0.2, -0.15) is 0 Å². The fraction of sp³-hybridized carbons (Fsp3) is 0.304. The first kappa shape index (κ1) is 22.6. The number of carbonyl (C=O) groups is 2. The lowest BCUT2D eigenvalue weighted by atomic mass is 10.1. The minimum absolute atomic E-state index is 0.0881. The van der Waals surface area contributed by atoms with Gasteiger partial charge in [0.1, 0.15) is 0 Å². The molecule has 162 valence electrons. The summed E-state index contributed by atoms with van der Waals surface area (Å²) >= 11 is 1.22. The molecule has 0 atom stereocenters. The Labute approximate surface area is 186 Å². The summed E-state index contributed by atoms with van der Waals surface area (Å²) < 4.78 is 0. The number of thioether (sulfide) groups is 1. The second-order valence-corrected chi connectivity index (χ2v) is 8.35. The predicted octanol–water partition coefficient (Wildman–Crippen LogP) is 3.81. The molecule has 7 nitrogen and oxygen atoms in total. The number of rotatable bonds is 8. The van der Waals surface area contributed by atoms with Crippen LogP contribution >= 0.6 is 11.8 Å². The molecule has 0 aliphatic carbocycles. The van der Waals surface area contributed by atoms with Crippen LogP contribution in [0.2, 0.25) is 0 Å². The molecule has 3 aromatic rings. The average Bonchev–Trinajstić information content (AvgIpc) is 3.22. The number of H-pyrrole nitrogens is 1. The third kappa shape index (κ3) is 6.18. The first-order valence-electron chi connectivity index (χ1n) is 10.1. The van der Waals surface area contributed by atoms with Crippen LogP contribution in [0.1, 0.15) is 29.2 Å². The zero-order chi connectivity index (χ0) is 22.4. The van der Waals surface area contributed by atoms with Gasteiger partial charge in [0.05, 0.1) is 12.3 Å². The number of hydrogen-bond donors (Lipinski definition) is 3. The summed E-state index contributed by atoms with van der Waals surface area (Å²) in [6.07, 6.45) is 0.981. The van der Waals surface area contributed by atoms with Crippen molar-refractivity contribution in [1.29, 1.82) is 0 Å². The third-order valence-electron chi connectivity index (χ3n) is 4.82. The monoisotopic (exact) mass is 437 g/mol. The van der Waals surface area contributed by atoms with E-state index in [9.17, 15) is 9.59 Å². The van der Waals surface area contributed by atoms with Crippen molar-refractivity contribution >= 4 is 29.3 Å². The van der Waals surface area contributed by atoms with Crippen LogP contribution in [0.25, 0.3) is 11.4 Å². The zero-order valence-corrected chi connectivity index (χ0v) is 19.0. The van der Waals surface area contributed by atoms with Crippen LogP contribution in [-0.4, -0.2) is 39.3 Å². The Morgan fingerprint density at radius 3 is 2.35 bits per heavy atom. The highest BCUT2D eigenvalue weighted by Gasteiger charge is 2.12. The van der Waals surface area contributed by atoms with Crippen molar-refractivity contribution in [1.82, 2.24) is 20.5 Å². The van der Waals surface area contributed by atoms with Crippen molar-refractivity contribution < 1.29 is 9.59 Å². The van der Waals surface area contributed by atoms with Gasteiger partial charge in [0.15, 0.2) is 5.82 Å².